The summed E-state index contributed by atoms with van der Waals surface area (Å²) >= 11 is 0. The van der Waals surface area contributed by atoms with E-state index in [9.17, 15) is 0 Å². The number of nitrogens with one attached hydrogen (secondary N) is 1. The fourth-order valence-electron chi connectivity index (χ4n) is 2.69. The van der Waals surface area contributed by atoms with Gasteiger partial charge in [-0.3, -0.25) is 0 Å². The maximum Gasteiger partial charge on any atom is 0.00203 e. The van der Waals surface area contributed by atoms with Gasteiger partial charge < -0.3 is 5.32 Å². The van der Waals surface area contributed by atoms with E-state index in [-0.39, 0.29) is 0 Å². The van der Waals surface area contributed by atoms with Crippen LogP contribution >= 0.6 is 0 Å². The molecule has 2 aromatic rings. The Morgan fingerprint density at radius 3 is 2.15 bits per heavy atom. The minimum absolute atomic E-state index is 0.540. The van der Waals surface area contributed by atoms with Crippen molar-refractivity contribution in [3.63, 3.8) is 0 Å². The highest BCUT2D eigenvalue weighted by molar-refractivity contribution is 5.27. The van der Waals surface area contributed by atoms with Crippen molar-refractivity contribution < 1.29 is 0 Å². The van der Waals surface area contributed by atoms with Crippen LogP contribution in [0.1, 0.15) is 36.0 Å². The van der Waals surface area contributed by atoms with Crippen molar-refractivity contribution in [2.75, 3.05) is 13.6 Å². The van der Waals surface area contributed by atoms with Crippen LogP contribution in [0.5, 0.6) is 0 Å². The number of hydrogen-bond donors (Lipinski definition) is 1. The van der Waals surface area contributed by atoms with Gasteiger partial charge in [0, 0.05) is 12.5 Å². The number of benzene rings is 2. The molecule has 0 heterocycles. The van der Waals surface area contributed by atoms with Gasteiger partial charge in [0.1, 0.15) is 0 Å². The molecule has 0 bridgehead atoms. The minimum Gasteiger partial charge on any atom is -0.319 e. The first-order chi connectivity index (χ1) is 9.83. The van der Waals surface area contributed by atoms with Crippen molar-refractivity contribution in [2.45, 2.75) is 32.1 Å². The van der Waals surface area contributed by atoms with E-state index in [2.05, 4.69) is 66.8 Å². The Kier molecular flexibility index (Phi) is 5.82. The second-order valence-corrected chi connectivity index (χ2v) is 5.44. The third-order valence-electron chi connectivity index (χ3n) is 3.77. The molecule has 0 aliphatic carbocycles. The Hall–Kier alpha value is -1.60. The fourth-order valence-corrected chi connectivity index (χ4v) is 2.69. The Morgan fingerprint density at radius 1 is 0.900 bits per heavy atom. The number of aryl methyl sites for hydroxylation is 1. The first kappa shape index (κ1) is 14.8. The molecule has 0 fully saturated rings. The van der Waals surface area contributed by atoms with Gasteiger partial charge in [-0.15, -0.1) is 0 Å². The van der Waals surface area contributed by atoms with Crippen molar-refractivity contribution in [3.05, 3.63) is 71.3 Å². The maximum absolute atomic E-state index is 3.32. The lowest BCUT2D eigenvalue weighted by molar-refractivity contribution is 0.625. The lowest BCUT2D eigenvalue weighted by Crippen LogP contribution is -2.19. The lowest BCUT2D eigenvalue weighted by atomic mass is 9.91. The van der Waals surface area contributed by atoms with Crippen LogP contribution in [-0.2, 0) is 12.8 Å². The van der Waals surface area contributed by atoms with E-state index >= 15 is 0 Å². The van der Waals surface area contributed by atoms with Crippen molar-refractivity contribution in [2.24, 2.45) is 0 Å². The van der Waals surface area contributed by atoms with Gasteiger partial charge in [-0.05, 0) is 36.6 Å². The van der Waals surface area contributed by atoms with Gasteiger partial charge in [-0.25, -0.2) is 0 Å². The quantitative estimate of drug-likeness (QED) is 0.793. The van der Waals surface area contributed by atoms with Crippen LogP contribution in [0.3, 0.4) is 0 Å². The summed E-state index contributed by atoms with van der Waals surface area (Å²) in [6.07, 6.45) is 3.49. The summed E-state index contributed by atoms with van der Waals surface area (Å²) in [4.78, 5) is 0. The molecular weight excluding hydrogens is 242 g/mol. The topological polar surface area (TPSA) is 12.0 Å². The van der Waals surface area contributed by atoms with E-state index in [1.54, 1.807) is 0 Å². The molecule has 0 aliphatic rings. The highest BCUT2D eigenvalue weighted by Gasteiger charge is 2.11. The van der Waals surface area contributed by atoms with Gasteiger partial charge >= 0.3 is 0 Å². The maximum atomic E-state index is 3.32. The van der Waals surface area contributed by atoms with Crippen LogP contribution in [0.4, 0.5) is 0 Å². The second-order valence-electron chi connectivity index (χ2n) is 5.44. The molecule has 0 amide bonds. The molecule has 1 nitrogen and oxygen atoms in total. The average molecular weight is 267 g/mol. The number of hydrogen-bond acceptors (Lipinski definition) is 1. The summed E-state index contributed by atoms with van der Waals surface area (Å²) in [5.74, 6) is 0.540. The second kappa shape index (κ2) is 7.86. The highest BCUT2D eigenvalue weighted by Crippen LogP contribution is 2.20. The van der Waals surface area contributed by atoms with Crippen LogP contribution in [0.15, 0.2) is 54.6 Å². The summed E-state index contributed by atoms with van der Waals surface area (Å²) in [7, 11) is 2.03. The van der Waals surface area contributed by atoms with Gasteiger partial charge in [0.05, 0.1) is 0 Å². The van der Waals surface area contributed by atoms with Gasteiger partial charge in [0.15, 0.2) is 0 Å². The molecule has 1 unspecified atom stereocenters. The zero-order valence-corrected chi connectivity index (χ0v) is 12.6. The van der Waals surface area contributed by atoms with Gasteiger partial charge in [0.2, 0.25) is 0 Å². The first-order valence-electron chi connectivity index (χ1n) is 7.60. The predicted molar refractivity (Wildman–Crippen MR) is 87.3 cm³/mol. The van der Waals surface area contributed by atoms with E-state index in [0.29, 0.717) is 5.92 Å². The van der Waals surface area contributed by atoms with E-state index in [1.807, 2.05) is 7.05 Å². The van der Waals surface area contributed by atoms with Crippen LogP contribution in [0, 0.1) is 0 Å². The summed E-state index contributed by atoms with van der Waals surface area (Å²) in [5.41, 5.74) is 4.29. The zero-order valence-electron chi connectivity index (χ0n) is 12.6. The standard InChI is InChI=1S/C19H25N/c1-3-7-16-10-12-17(13-11-16)14-19(15-20-2)18-8-5-4-6-9-18/h4-6,8-13,19-20H,3,7,14-15H2,1-2H3. The monoisotopic (exact) mass is 267 g/mol. The van der Waals surface area contributed by atoms with Crippen LogP contribution < -0.4 is 5.32 Å². The van der Waals surface area contributed by atoms with Crippen molar-refractivity contribution in [1.82, 2.24) is 5.32 Å². The summed E-state index contributed by atoms with van der Waals surface area (Å²) < 4.78 is 0. The van der Waals surface area contributed by atoms with Crippen molar-refractivity contribution >= 4 is 0 Å². The largest absolute Gasteiger partial charge is 0.319 e. The average Bonchev–Trinajstić information content (AvgIpc) is 2.50. The summed E-state index contributed by atoms with van der Waals surface area (Å²) in [6, 6.07) is 19.9. The summed E-state index contributed by atoms with van der Waals surface area (Å²) in [6.45, 7) is 3.24. The van der Waals surface area contributed by atoms with E-state index < -0.39 is 0 Å². The molecule has 20 heavy (non-hydrogen) atoms. The molecule has 0 radical (unpaired) electrons. The Labute approximate surface area is 123 Å². The van der Waals surface area contributed by atoms with Crippen LogP contribution in [0.2, 0.25) is 0 Å². The highest BCUT2D eigenvalue weighted by atomic mass is 14.8. The van der Waals surface area contributed by atoms with Crippen molar-refractivity contribution in [3.8, 4) is 0 Å². The van der Waals surface area contributed by atoms with Gasteiger partial charge in [0.25, 0.3) is 0 Å². The Bertz CT molecular complexity index is 487. The Morgan fingerprint density at radius 2 is 1.55 bits per heavy atom. The zero-order chi connectivity index (χ0) is 14.2. The van der Waals surface area contributed by atoms with E-state index in [1.165, 1.54) is 29.5 Å². The molecule has 1 atom stereocenters. The molecule has 0 aromatic heterocycles. The van der Waals surface area contributed by atoms with E-state index in [0.717, 1.165) is 13.0 Å². The molecule has 1 N–H and O–H groups in total. The molecule has 1 heteroatoms. The molecule has 106 valence electrons. The third-order valence-corrected chi connectivity index (χ3v) is 3.77. The molecule has 0 saturated heterocycles. The van der Waals surface area contributed by atoms with Gasteiger partial charge in [-0.1, -0.05) is 67.9 Å². The number of rotatable bonds is 7. The predicted octanol–water partition coefficient (Wildman–Crippen LogP) is 4.18. The molecule has 2 rings (SSSR count). The van der Waals surface area contributed by atoms with E-state index in [4.69, 9.17) is 0 Å². The first-order valence-corrected chi connectivity index (χ1v) is 7.60. The lowest BCUT2D eigenvalue weighted by Gasteiger charge is -2.17. The van der Waals surface area contributed by atoms with Gasteiger partial charge in [-0.2, -0.15) is 0 Å². The fraction of sp³-hybridized carbons (Fsp3) is 0.368. The third kappa shape index (κ3) is 4.21. The molecule has 0 saturated carbocycles. The SMILES string of the molecule is CCCc1ccc(CC(CNC)c2ccccc2)cc1. The van der Waals surface area contributed by atoms with Crippen molar-refractivity contribution in [1.29, 1.82) is 0 Å². The Balaban J connectivity index is 2.08. The molecular formula is C19H25N. The van der Waals surface area contributed by atoms with Crippen LogP contribution in [0.25, 0.3) is 0 Å². The minimum atomic E-state index is 0.540. The molecule has 0 aliphatic heterocycles. The normalized spacial score (nSPS) is 12.3. The van der Waals surface area contributed by atoms with Crippen LogP contribution in [-0.4, -0.2) is 13.6 Å². The smallest absolute Gasteiger partial charge is 0.00203 e. The summed E-state index contributed by atoms with van der Waals surface area (Å²) in [5, 5.41) is 3.32. The number of likely N-dealkylation sites (N-methyl/N-ethyl adjacent to an activating group) is 1. The molecule has 2 aromatic carbocycles. The molecule has 0 spiro atoms.